The quantitative estimate of drug-likeness (QED) is 0.887. The van der Waals surface area contributed by atoms with Crippen molar-refractivity contribution in [2.75, 3.05) is 23.7 Å². The molecule has 0 spiro atoms. The standard InChI is InChI=1S/C10H15F3N4/c1-3-4-17(6-10(11,12)13)9-5-8(14)15-7(2)16-9/h5H,3-4,6H2,1-2H3,(H2,14,15,16). The molecule has 0 unspecified atom stereocenters. The number of hydrogen-bond donors (Lipinski definition) is 1. The first-order valence-electron chi connectivity index (χ1n) is 5.24. The topological polar surface area (TPSA) is 55.0 Å². The van der Waals surface area contributed by atoms with E-state index < -0.39 is 12.7 Å². The number of hydrogen-bond acceptors (Lipinski definition) is 4. The lowest BCUT2D eigenvalue weighted by molar-refractivity contribution is -0.119. The van der Waals surface area contributed by atoms with Gasteiger partial charge in [0.25, 0.3) is 0 Å². The first kappa shape index (κ1) is 13.5. The minimum absolute atomic E-state index is 0.177. The highest BCUT2D eigenvalue weighted by atomic mass is 19.4. The fourth-order valence-corrected chi connectivity index (χ4v) is 1.50. The smallest absolute Gasteiger partial charge is 0.384 e. The van der Waals surface area contributed by atoms with Crippen molar-refractivity contribution >= 4 is 11.6 Å². The molecule has 0 aliphatic carbocycles. The summed E-state index contributed by atoms with van der Waals surface area (Å²) in [6.07, 6.45) is -3.66. The number of anilines is 2. The average molecular weight is 248 g/mol. The predicted molar refractivity (Wildman–Crippen MR) is 59.7 cm³/mol. The van der Waals surface area contributed by atoms with Crippen molar-refractivity contribution in [1.29, 1.82) is 0 Å². The van der Waals surface area contributed by atoms with Crippen LogP contribution in [0.5, 0.6) is 0 Å². The third kappa shape index (κ3) is 4.46. The van der Waals surface area contributed by atoms with Crippen LogP contribution in [0.3, 0.4) is 0 Å². The van der Waals surface area contributed by atoms with Crippen molar-refractivity contribution < 1.29 is 13.2 Å². The highest BCUT2D eigenvalue weighted by Gasteiger charge is 2.31. The van der Waals surface area contributed by atoms with Gasteiger partial charge in [-0.2, -0.15) is 13.2 Å². The molecule has 0 saturated carbocycles. The maximum Gasteiger partial charge on any atom is 0.405 e. The molecule has 0 atom stereocenters. The summed E-state index contributed by atoms with van der Waals surface area (Å²) in [7, 11) is 0. The highest BCUT2D eigenvalue weighted by molar-refractivity contribution is 5.47. The Balaban J connectivity index is 2.96. The Morgan fingerprint density at radius 3 is 2.47 bits per heavy atom. The van der Waals surface area contributed by atoms with E-state index in [-0.39, 0.29) is 18.2 Å². The summed E-state index contributed by atoms with van der Waals surface area (Å²) in [6.45, 7) is 2.64. The molecule has 2 N–H and O–H groups in total. The van der Waals surface area contributed by atoms with Gasteiger partial charge in [0.15, 0.2) is 0 Å². The van der Waals surface area contributed by atoms with Gasteiger partial charge in [-0.05, 0) is 13.3 Å². The summed E-state index contributed by atoms with van der Waals surface area (Å²) in [5.41, 5.74) is 5.50. The third-order valence-electron chi connectivity index (χ3n) is 2.03. The molecule has 0 radical (unpaired) electrons. The summed E-state index contributed by atoms with van der Waals surface area (Å²) < 4.78 is 37.2. The summed E-state index contributed by atoms with van der Waals surface area (Å²) in [6, 6.07) is 1.36. The molecule has 96 valence electrons. The van der Waals surface area contributed by atoms with Crippen LogP contribution in [0, 0.1) is 6.92 Å². The molecule has 1 rings (SSSR count). The molecule has 0 aliphatic heterocycles. The van der Waals surface area contributed by atoms with Crippen molar-refractivity contribution in [2.24, 2.45) is 0 Å². The van der Waals surface area contributed by atoms with Crippen molar-refractivity contribution in [3.63, 3.8) is 0 Å². The fourth-order valence-electron chi connectivity index (χ4n) is 1.50. The second-order valence-corrected chi connectivity index (χ2v) is 3.73. The summed E-state index contributed by atoms with van der Waals surface area (Å²) in [5.74, 6) is 0.758. The van der Waals surface area contributed by atoms with E-state index in [0.29, 0.717) is 12.2 Å². The number of aryl methyl sites for hydroxylation is 1. The van der Waals surface area contributed by atoms with Crippen LogP contribution in [-0.2, 0) is 0 Å². The van der Waals surface area contributed by atoms with E-state index in [1.165, 1.54) is 6.07 Å². The van der Waals surface area contributed by atoms with E-state index in [4.69, 9.17) is 5.73 Å². The minimum Gasteiger partial charge on any atom is -0.384 e. The van der Waals surface area contributed by atoms with Crippen LogP contribution in [0.2, 0.25) is 0 Å². The summed E-state index contributed by atoms with van der Waals surface area (Å²) >= 11 is 0. The normalized spacial score (nSPS) is 11.6. The number of aromatic nitrogens is 2. The van der Waals surface area contributed by atoms with Gasteiger partial charge in [0.05, 0.1) is 0 Å². The molecular weight excluding hydrogens is 233 g/mol. The van der Waals surface area contributed by atoms with Gasteiger partial charge in [0.2, 0.25) is 0 Å². The van der Waals surface area contributed by atoms with Crippen LogP contribution < -0.4 is 10.6 Å². The summed E-state index contributed by atoms with van der Waals surface area (Å²) in [5, 5.41) is 0. The first-order chi connectivity index (χ1) is 7.81. The minimum atomic E-state index is -4.26. The maximum atomic E-state index is 12.4. The number of halogens is 3. The average Bonchev–Trinajstić information content (AvgIpc) is 2.13. The number of alkyl halides is 3. The molecule has 1 heterocycles. The van der Waals surface area contributed by atoms with E-state index in [1.54, 1.807) is 13.8 Å². The van der Waals surface area contributed by atoms with Crippen LogP contribution in [0.25, 0.3) is 0 Å². The molecule has 4 nitrogen and oxygen atoms in total. The second kappa shape index (κ2) is 5.20. The second-order valence-electron chi connectivity index (χ2n) is 3.73. The third-order valence-corrected chi connectivity index (χ3v) is 2.03. The van der Waals surface area contributed by atoms with Gasteiger partial charge in [-0.1, -0.05) is 6.92 Å². The number of nitrogens with two attached hydrogens (primary N) is 1. The number of nitrogen functional groups attached to an aromatic ring is 1. The zero-order valence-electron chi connectivity index (χ0n) is 9.75. The lowest BCUT2D eigenvalue weighted by Gasteiger charge is -2.24. The number of nitrogens with zero attached hydrogens (tertiary/aromatic N) is 3. The van der Waals surface area contributed by atoms with Crippen LogP contribution in [0.1, 0.15) is 19.2 Å². The Labute approximate surface area is 97.7 Å². The zero-order chi connectivity index (χ0) is 13.1. The Morgan fingerprint density at radius 2 is 2.00 bits per heavy atom. The molecule has 0 bridgehead atoms. The molecule has 0 saturated heterocycles. The summed E-state index contributed by atoms with van der Waals surface area (Å²) in [4.78, 5) is 8.96. The van der Waals surface area contributed by atoms with Gasteiger partial charge in [-0.3, -0.25) is 0 Å². The lowest BCUT2D eigenvalue weighted by Crippen LogP contribution is -2.35. The Kier molecular flexibility index (Phi) is 4.14. The molecule has 0 aromatic carbocycles. The zero-order valence-corrected chi connectivity index (χ0v) is 9.75. The van der Waals surface area contributed by atoms with Crippen LogP contribution in [-0.4, -0.2) is 29.2 Å². The number of rotatable bonds is 4. The fraction of sp³-hybridized carbons (Fsp3) is 0.600. The van der Waals surface area contributed by atoms with Crippen molar-refractivity contribution in [3.05, 3.63) is 11.9 Å². The Bertz CT molecular complexity index is 358. The predicted octanol–water partition coefficient (Wildman–Crippen LogP) is 2.15. The largest absolute Gasteiger partial charge is 0.405 e. The monoisotopic (exact) mass is 248 g/mol. The van der Waals surface area contributed by atoms with Gasteiger partial charge in [0.1, 0.15) is 24.0 Å². The first-order valence-corrected chi connectivity index (χ1v) is 5.24. The molecule has 0 aliphatic rings. The van der Waals surface area contributed by atoms with Crippen molar-refractivity contribution in [2.45, 2.75) is 26.4 Å². The van der Waals surface area contributed by atoms with Crippen LogP contribution in [0.4, 0.5) is 24.8 Å². The Morgan fingerprint density at radius 1 is 1.35 bits per heavy atom. The van der Waals surface area contributed by atoms with Gasteiger partial charge < -0.3 is 10.6 Å². The van der Waals surface area contributed by atoms with Gasteiger partial charge in [-0.15, -0.1) is 0 Å². The van der Waals surface area contributed by atoms with Gasteiger partial charge in [-0.25, -0.2) is 9.97 Å². The van der Waals surface area contributed by atoms with Gasteiger partial charge >= 0.3 is 6.18 Å². The Hall–Kier alpha value is -1.53. The van der Waals surface area contributed by atoms with E-state index in [2.05, 4.69) is 9.97 Å². The van der Waals surface area contributed by atoms with Crippen LogP contribution >= 0.6 is 0 Å². The maximum absolute atomic E-state index is 12.4. The van der Waals surface area contributed by atoms with E-state index in [9.17, 15) is 13.2 Å². The van der Waals surface area contributed by atoms with E-state index in [1.807, 2.05) is 0 Å². The van der Waals surface area contributed by atoms with Crippen molar-refractivity contribution in [1.82, 2.24) is 9.97 Å². The molecule has 17 heavy (non-hydrogen) atoms. The molecule has 1 aromatic heterocycles. The lowest BCUT2D eigenvalue weighted by atomic mass is 10.3. The molecule has 0 fully saturated rings. The van der Waals surface area contributed by atoms with Crippen LogP contribution in [0.15, 0.2) is 6.07 Å². The molecule has 7 heteroatoms. The van der Waals surface area contributed by atoms with E-state index in [0.717, 1.165) is 4.90 Å². The van der Waals surface area contributed by atoms with Gasteiger partial charge in [0, 0.05) is 12.6 Å². The molecule has 0 amide bonds. The molecule has 1 aromatic rings. The van der Waals surface area contributed by atoms with Crippen molar-refractivity contribution in [3.8, 4) is 0 Å². The highest BCUT2D eigenvalue weighted by Crippen LogP contribution is 2.21. The van der Waals surface area contributed by atoms with E-state index >= 15 is 0 Å². The molecular formula is C10H15F3N4. The SMILES string of the molecule is CCCN(CC(F)(F)F)c1cc(N)nc(C)n1.